The summed E-state index contributed by atoms with van der Waals surface area (Å²) in [4.78, 5) is 0. The van der Waals surface area contributed by atoms with E-state index in [0.717, 1.165) is 19.1 Å². The molecule has 96 valence electrons. The molecule has 2 N–H and O–H groups in total. The minimum absolute atomic E-state index is 0.0601. The molecule has 1 heterocycles. The van der Waals surface area contributed by atoms with Gasteiger partial charge in [-0.1, -0.05) is 0 Å². The lowest BCUT2D eigenvalue weighted by molar-refractivity contribution is 0.558. The van der Waals surface area contributed by atoms with E-state index in [1.165, 1.54) is 4.57 Å². The summed E-state index contributed by atoms with van der Waals surface area (Å²) in [5, 5.41) is 11.7. The van der Waals surface area contributed by atoms with Gasteiger partial charge in [-0.2, -0.15) is 0 Å². The van der Waals surface area contributed by atoms with Crippen LogP contribution in [0.5, 0.6) is 0 Å². The van der Waals surface area contributed by atoms with Gasteiger partial charge in [-0.25, -0.2) is 22.0 Å². The molecular formula is C7H12N4O4S2. The van der Waals surface area contributed by atoms with Crippen LogP contribution in [0.1, 0.15) is 24.7 Å². The summed E-state index contributed by atoms with van der Waals surface area (Å²) in [6.45, 7) is 0. The van der Waals surface area contributed by atoms with Crippen LogP contribution in [0.25, 0.3) is 0 Å². The second-order valence-electron chi connectivity index (χ2n) is 4.12. The molecule has 0 saturated heterocycles. The summed E-state index contributed by atoms with van der Waals surface area (Å²) in [5.41, 5.74) is 0. The van der Waals surface area contributed by atoms with Crippen molar-refractivity contribution in [3.05, 3.63) is 5.82 Å². The zero-order valence-corrected chi connectivity index (χ0v) is 10.7. The van der Waals surface area contributed by atoms with Crippen LogP contribution in [-0.2, 0) is 25.6 Å². The summed E-state index contributed by atoms with van der Waals surface area (Å²) in [7, 11) is -7.28. The smallest absolute Gasteiger partial charge is 0.273 e. The highest BCUT2D eigenvalue weighted by molar-refractivity contribution is 7.90. The van der Waals surface area contributed by atoms with Crippen molar-refractivity contribution in [2.75, 3.05) is 6.26 Å². The van der Waals surface area contributed by atoms with Crippen LogP contribution in [0, 0.1) is 0 Å². The summed E-state index contributed by atoms with van der Waals surface area (Å²) in [6.07, 6.45) is 2.60. The van der Waals surface area contributed by atoms with Gasteiger partial charge in [0.2, 0.25) is 0 Å². The largest absolute Gasteiger partial charge is 0.297 e. The number of sulfonamides is 1. The van der Waals surface area contributed by atoms with Gasteiger partial charge >= 0.3 is 0 Å². The third-order valence-electron chi connectivity index (χ3n) is 2.29. The molecule has 2 rings (SSSR count). The first-order valence-corrected chi connectivity index (χ1v) is 8.43. The maximum atomic E-state index is 11.3. The summed E-state index contributed by atoms with van der Waals surface area (Å²) in [5.74, 6) is -0.217. The normalized spacial score (nSPS) is 17.3. The van der Waals surface area contributed by atoms with Gasteiger partial charge in [0.15, 0.2) is 9.84 Å². The third-order valence-corrected chi connectivity index (χ3v) is 3.86. The van der Waals surface area contributed by atoms with Crippen LogP contribution in [0.15, 0.2) is 5.16 Å². The van der Waals surface area contributed by atoms with Gasteiger partial charge < -0.3 is 0 Å². The van der Waals surface area contributed by atoms with Gasteiger partial charge in [0.05, 0.1) is 0 Å². The molecule has 10 heteroatoms. The number of hydrogen-bond donors (Lipinski definition) is 1. The Morgan fingerprint density at radius 3 is 2.29 bits per heavy atom. The Balaban J connectivity index is 2.51. The lowest BCUT2D eigenvalue weighted by atomic mass is 10.6. The Morgan fingerprint density at radius 1 is 1.29 bits per heavy atom. The number of hydrogen-bond acceptors (Lipinski definition) is 6. The molecule has 1 aliphatic rings. The van der Waals surface area contributed by atoms with Crippen LogP contribution in [0.3, 0.4) is 0 Å². The molecule has 1 aromatic rings. The molecule has 0 aliphatic heterocycles. The van der Waals surface area contributed by atoms with Crippen LogP contribution in [0.4, 0.5) is 0 Å². The maximum Gasteiger partial charge on any atom is 0.273 e. The number of nitrogens with two attached hydrogens (primary N) is 1. The molecule has 1 saturated carbocycles. The first-order chi connectivity index (χ1) is 7.68. The Bertz CT molecular complexity index is 641. The molecular weight excluding hydrogens is 268 g/mol. The van der Waals surface area contributed by atoms with Crippen LogP contribution in [-0.4, -0.2) is 37.9 Å². The fourth-order valence-corrected chi connectivity index (χ4v) is 2.88. The van der Waals surface area contributed by atoms with Gasteiger partial charge in [0.25, 0.3) is 15.2 Å². The zero-order chi connectivity index (χ0) is 12.8. The number of rotatable bonds is 4. The zero-order valence-electron chi connectivity index (χ0n) is 9.07. The van der Waals surface area contributed by atoms with Crippen LogP contribution in [0.2, 0.25) is 0 Å². The monoisotopic (exact) mass is 280 g/mol. The molecule has 0 unspecified atom stereocenters. The molecule has 1 fully saturated rings. The van der Waals surface area contributed by atoms with E-state index in [-0.39, 0.29) is 22.8 Å². The highest BCUT2D eigenvalue weighted by Crippen LogP contribution is 2.37. The molecule has 17 heavy (non-hydrogen) atoms. The quantitative estimate of drug-likeness (QED) is 0.738. The molecule has 1 aromatic heterocycles. The number of aromatic nitrogens is 3. The van der Waals surface area contributed by atoms with E-state index < -0.39 is 19.9 Å². The lowest BCUT2D eigenvalue weighted by Crippen LogP contribution is -2.19. The Kier molecular flexibility index (Phi) is 2.75. The minimum Gasteiger partial charge on any atom is -0.297 e. The molecule has 0 spiro atoms. The number of nitrogens with zero attached hydrogens (tertiary/aromatic N) is 3. The van der Waals surface area contributed by atoms with Crippen molar-refractivity contribution >= 4 is 19.9 Å². The maximum absolute atomic E-state index is 11.3. The third kappa shape index (κ3) is 2.82. The standard InChI is InChI=1S/C7H12N4O4S2/c1-16(12,13)4-6-9-10-7(17(8,14)15)11(6)5-2-3-5/h5H,2-4H2,1H3,(H2,8,14,15). The van der Waals surface area contributed by atoms with Crippen molar-refractivity contribution in [2.45, 2.75) is 29.8 Å². The van der Waals surface area contributed by atoms with Crippen LogP contribution >= 0.6 is 0 Å². The average molecular weight is 280 g/mol. The molecule has 0 amide bonds. The van der Waals surface area contributed by atoms with E-state index in [0.29, 0.717) is 0 Å². The van der Waals surface area contributed by atoms with Gasteiger partial charge in [-0.15, -0.1) is 10.2 Å². The minimum atomic E-state index is -3.98. The topological polar surface area (TPSA) is 125 Å². The Labute approximate surface area is 98.8 Å². The summed E-state index contributed by atoms with van der Waals surface area (Å²) < 4.78 is 46.2. The fourth-order valence-electron chi connectivity index (χ4n) is 1.53. The van der Waals surface area contributed by atoms with E-state index in [1.807, 2.05) is 0 Å². The Hall–Kier alpha value is -1.00. The average Bonchev–Trinajstić information content (AvgIpc) is 2.84. The van der Waals surface area contributed by atoms with Crippen molar-refractivity contribution in [1.82, 2.24) is 14.8 Å². The van der Waals surface area contributed by atoms with Gasteiger partial charge in [0, 0.05) is 12.3 Å². The van der Waals surface area contributed by atoms with Crippen molar-refractivity contribution in [1.29, 1.82) is 0 Å². The molecule has 0 atom stereocenters. The van der Waals surface area contributed by atoms with E-state index in [2.05, 4.69) is 10.2 Å². The van der Waals surface area contributed by atoms with Crippen molar-refractivity contribution in [2.24, 2.45) is 5.14 Å². The van der Waals surface area contributed by atoms with E-state index in [4.69, 9.17) is 5.14 Å². The summed E-state index contributed by atoms with van der Waals surface area (Å²) >= 11 is 0. The molecule has 0 radical (unpaired) electrons. The fraction of sp³-hybridized carbons (Fsp3) is 0.714. The van der Waals surface area contributed by atoms with E-state index in [1.54, 1.807) is 0 Å². The Morgan fingerprint density at radius 2 is 1.88 bits per heavy atom. The molecule has 1 aliphatic carbocycles. The van der Waals surface area contributed by atoms with E-state index in [9.17, 15) is 16.8 Å². The molecule has 8 nitrogen and oxygen atoms in total. The predicted molar refractivity (Wildman–Crippen MR) is 58.2 cm³/mol. The molecule has 0 bridgehead atoms. The number of primary sulfonamides is 1. The van der Waals surface area contributed by atoms with Crippen molar-refractivity contribution < 1.29 is 16.8 Å². The van der Waals surface area contributed by atoms with E-state index >= 15 is 0 Å². The second kappa shape index (κ2) is 3.75. The number of sulfone groups is 1. The molecule has 0 aromatic carbocycles. The van der Waals surface area contributed by atoms with Gasteiger partial charge in [0.1, 0.15) is 11.6 Å². The van der Waals surface area contributed by atoms with Crippen LogP contribution < -0.4 is 5.14 Å². The van der Waals surface area contributed by atoms with Gasteiger partial charge in [-0.3, -0.25) is 4.57 Å². The predicted octanol–water partition coefficient (Wildman–Crippen LogP) is -1.19. The summed E-state index contributed by atoms with van der Waals surface area (Å²) in [6, 6.07) is -0.0601. The second-order valence-corrected chi connectivity index (χ2v) is 7.71. The van der Waals surface area contributed by atoms with Crippen molar-refractivity contribution in [3.8, 4) is 0 Å². The SMILES string of the molecule is CS(=O)(=O)Cc1nnc(S(N)(=O)=O)n1C1CC1. The first-order valence-electron chi connectivity index (χ1n) is 4.83. The van der Waals surface area contributed by atoms with Gasteiger partial charge in [-0.05, 0) is 12.8 Å². The highest BCUT2D eigenvalue weighted by atomic mass is 32.2. The highest BCUT2D eigenvalue weighted by Gasteiger charge is 2.33. The lowest BCUT2D eigenvalue weighted by Gasteiger charge is -2.06. The first kappa shape index (κ1) is 12.5. The van der Waals surface area contributed by atoms with Crippen molar-refractivity contribution in [3.63, 3.8) is 0 Å².